The average molecular weight is 230 g/mol. The molecule has 0 heterocycles. The van der Waals surface area contributed by atoms with Crippen LogP contribution in [0.1, 0.15) is 41.3 Å². The van der Waals surface area contributed by atoms with Crippen molar-refractivity contribution < 1.29 is 14.7 Å². The van der Waals surface area contributed by atoms with E-state index in [1.54, 1.807) is 24.3 Å². The second-order valence-corrected chi connectivity index (χ2v) is 4.16. The molecule has 1 aliphatic carbocycles. The molecule has 1 atom stereocenters. The molecule has 0 aliphatic heterocycles. The van der Waals surface area contributed by atoms with Crippen LogP contribution in [0.25, 0.3) is 0 Å². The Hall–Kier alpha value is -1.74. The maximum Gasteiger partial charge on any atom is 0.161 e. The van der Waals surface area contributed by atoms with Crippen LogP contribution in [0.2, 0.25) is 0 Å². The summed E-state index contributed by atoms with van der Waals surface area (Å²) in [5.74, 6) is 0.0169. The third-order valence-corrected chi connectivity index (χ3v) is 2.98. The quantitative estimate of drug-likeness (QED) is 0.810. The van der Waals surface area contributed by atoms with Gasteiger partial charge in [0.25, 0.3) is 0 Å². The van der Waals surface area contributed by atoms with Gasteiger partial charge < -0.3 is 5.11 Å². The van der Waals surface area contributed by atoms with Crippen molar-refractivity contribution in [1.82, 2.24) is 0 Å². The molecule has 17 heavy (non-hydrogen) atoms. The van der Waals surface area contributed by atoms with Gasteiger partial charge >= 0.3 is 0 Å². The van der Waals surface area contributed by atoms with E-state index < -0.39 is 6.10 Å². The van der Waals surface area contributed by atoms with Crippen molar-refractivity contribution in [3.05, 3.63) is 47.0 Å². The Bertz CT molecular complexity index is 457. The molecule has 1 aromatic carbocycles. The second kappa shape index (κ2) is 5.06. The van der Waals surface area contributed by atoms with Crippen molar-refractivity contribution in [3.63, 3.8) is 0 Å². The molecule has 1 unspecified atom stereocenters. The molecule has 3 nitrogen and oxygen atoms in total. The lowest BCUT2D eigenvalue weighted by atomic mass is 9.90. The number of aliphatic hydroxyl groups is 1. The first kappa shape index (κ1) is 11.7. The molecule has 0 aromatic heterocycles. The average Bonchev–Trinajstić information content (AvgIpc) is 2.39. The Morgan fingerprint density at radius 1 is 1.24 bits per heavy atom. The van der Waals surface area contributed by atoms with Crippen molar-refractivity contribution in [2.45, 2.75) is 25.4 Å². The molecule has 0 fully saturated rings. The predicted octanol–water partition coefficient (Wildman–Crippen LogP) is 2.21. The van der Waals surface area contributed by atoms with Gasteiger partial charge in [0.2, 0.25) is 0 Å². The SMILES string of the molecule is O=Cc1ccc(C(O)C2=CCCCC2=O)cc1. The van der Waals surface area contributed by atoms with Crippen LogP contribution in [-0.2, 0) is 4.79 Å². The number of aliphatic hydroxyl groups excluding tert-OH is 1. The summed E-state index contributed by atoms with van der Waals surface area (Å²) in [6, 6.07) is 6.63. The molecule has 3 heteroatoms. The summed E-state index contributed by atoms with van der Waals surface area (Å²) >= 11 is 0. The van der Waals surface area contributed by atoms with Crippen molar-refractivity contribution >= 4 is 12.1 Å². The topological polar surface area (TPSA) is 54.4 Å². The molecule has 1 aliphatic rings. The molecule has 0 spiro atoms. The first-order valence-electron chi connectivity index (χ1n) is 5.69. The maximum atomic E-state index is 11.6. The fourth-order valence-electron chi connectivity index (χ4n) is 1.98. The van der Waals surface area contributed by atoms with E-state index >= 15 is 0 Å². The minimum absolute atomic E-state index is 0.0169. The number of aldehydes is 1. The monoisotopic (exact) mass is 230 g/mol. The normalized spacial score (nSPS) is 17.5. The van der Waals surface area contributed by atoms with Gasteiger partial charge in [-0.3, -0.25) is 9.59 Å². The Kier molecular flexibility index (Phi) is 3.49. The molecule has 0 saturated carbocycles. The number of hydrogen-bond donors (Lipinski definition) is 1. The van der Waals surface area contributed by atoms with E-state index in [0.29, 0.717) is 23.1 Å². The zero-order valence-corrected chi connectivity index (χ0v) is 9.43. The van der Waals surface area contributed by atoms with E-state index in [-0.39, 0.29) is 5.78 Å². The van der Waals surface area contributed by atoms with Crippen LogP contribution in [0.5, 0.6) is 0 Å². The van der Waals surface area contributed by atoms with E-state index in [1.807, 2.05) is 6.08 Å². The van der Waals surface area contributed by atoms with Crippen LogP contribution < -0.4 is 0 Å². The van der Waals surface area contributed by atoms with Crippen molar-refractivity contribution in [3.8, 4) is 0 Å². The number of rotatable bonds is 3. The Labute approximate surface area is 99.8 Å². The van der Waals surface area contributed by atoms with Crippen LogP contribution in [0.3, 0.4) is 0 Å². The highest BCUT2D eigenvalue weighted by Crippen LogP contribution is 2.27. The summed E-state index contributed by atoms with van der Waals surface area (Å²) < 4.78 is 0. The molecular weight excluding hydrogens is 216 g/mol. The van der Waals surface area contributed by atoms with Gasteiger partial charge in [-0.05, 0) is 18.4 Å². The molecule has 1 N–H and O–H groups in total. The third kappa shape index (κ3) is 2.50. The molecule has 0 saturated heterocycles. The van der Waals surface area contributed by atoms with Gasteiger partial charge in [-0.2, -0.15) is 0 Å². The molecule has 0 radical (unpaired) electrons. The van der Waals surface area contributed by atoms with Gasteiger partial charge in [-0.25, -0.2) is 0 Å². The Balaban J connectivity index is 2.23. The number of allylic oxidation sites excluding steroid dienone is 1. The molecule has 0 amide bonds. The second-order valence-electron chi connectivity index (χ2n) is 4.16. The highest BCUT2D eigenvalue weighted by molar-refractivity contribution is 5.97. The van der Waals surface area contributed by atoms with Gasteiger partial charge in [0.1, 0.15) is 12.4 Å². The van der Waals surface area contributed by atoms with Gasteiger partial charge in [0, 0.05) is 17.6 Å². The van der Waals surface area contributed by atoms with E-state index in [9.17, 15) is 14.7 Å². The lowest BCUT2D eigenvalue weighted by Crippen LogP contribution is -2.14. The van der Waals surface area contributed by atoms with Crippen LogP contribution in [-0.4, -0.2) is 17.2 Å². The van der Waals surface area contributed by atoms with E-state index in [0.717, 1.165) is 19.1 Å². The van der Waals surface area contributed by atoms with Crippen molar-refractivity contribution in [2.75, 3.05) is 0 Å². The summed E-state index contributed by atoms with van der Waals surface area (Å²) in [4.78, 5) is 22.2. The molecular formula is C14H14O3. The first-order valence-corrected chi connectivity index (χ1v) is 5.69. The standard InChI is InChI=1S/C14H14O3/c15-9-10-5-7-11(8-6-10)14(17)12-3-1-2-4-13(12)16/h3,5-9,14,17H,1-2,4H2. The fraction of sp³-hybridized carbons (Fsp3) is 0.286. The fourth-order valence-corrected chi connectivity index (χ4v) is 1.98. The summed E-state index contributed by atoms with van der Waals surface area (Å²) in [6.45, 7) is 0. The number of carbonyl (C=O) groups is 2. The van der Waals surface area contributed by atoms with Gasteiger partial charge in [-0.15, -0.1) is 0 Å². The molecule has 0 bridgehead atoms. The van der Waals surface area contributed by atoms with Crippen LogP contribution in [0.15, 0.2) is 35.9 Å². The van der Waals surface area contributed by atoms with Crippen molar-refractivity contribution in [1.29, 1.82) is 0 Å². The van der Waals surface area contributed by atoms with Gasteiger partial charge in [-0.1, -0.05) is 30.3 Å². The number of Topliss-reactive ketones (excluding diaryl/α,β-unsaturated/α-hetero) is 1. The maximum absolute atomic E-state index is 11.6. The number of ketones is 1. The zero-order chi connectivity index (χ0) is 12.3. The van der Waals surface area contributed by atoms with Crippen LogP contribution >= 0.6 is 0 Å². The zero-order valence-electron chi connectivity index (χ0n) is 9.43. The first-order chi connectivity index (χ1) is 8.22. The van der Waals surface area contributed by atoms with Crippen LogP contribution in [0, 0.1) is 0 Å². The van der Waals surface area contributed by atoms with E-state index in [1.165, 1.54) is 0 Å². The number of carbonyl (C=O) groups excluding carboxylic acids is 2. The molecule has 88 valence electrons. The summed E-state index contributed by atoms with van der Waals surface area (Å²) in [5, 5.41) is 10.1. The molecule has 1 aromatic rings. The van der Waals surface area contributed by atoms with Crippen molar-refractivity contribution in [2.24, 2.45) is 0 Å². The summed E-state index contributed by atoms with van der Waals surface area (Å²) in [5.41, 5.74) is 1.69. The minimum Gasteiger partial charge on any atom is -0.384 e. The predicted molar refractivity (Wildman–Crippen MR) is 63.7 cm³/mol. The summed E-state index contributed by atoms with van der Waals surface area (Å²) in [7, 11) is 0. The Morgan fingerprint density at radius 2 is 1.94 bits per heavy atom. The molecule has 2 rings (SSSR count). The highest BCUT2D eigenvalue weighted by atomic mass is 16.3. The van der Waals surface area contributed by atoms with Crippen LogP contribution in [0.4, 0.5) is 0 Å². The lowest BCUT2D eigenvalue weighted by molar-refractivity contribution is -0.117. The number of hydrogen-bond acceptors (Lipinski definition) is 3. The van der Waals surface area contributed by atoms with Gasteiger partial charge in [0.15, 0.2) is 5.78 Å². The smallest absolute Gasteiger partial charge is 0.161 e. The third-order valence-electron chi connectivity index (χ3n) is 2.98. The lowest BCUT2D eigenvalue weighted by Gasteiger charge is -2.17. The summed E-state index contributed by atoms with van der Waals surface area (Å²) in [6.07, 6.45) is 3.90. The minimum atomic E-state index is -0.872. The van der Waals surface area contributed by atoms with E-state index in [4.69, 9.17) is 0 Å². The highest BCUT2D eigenvalue weighted by Gasteiger charge is 2.22. The van der Waals surface area contributed by atoms with Gasteiger partial charge in [0.05, 0.1) is 0 Å². The van der Waals surface area contributed by atoms with E-state index in [2.05, 4.69) is 0 Å². The number of benzene rings is 1. The largest absolute Gasteiger partial charge is 0.384 e. The Morgan fingerprint density at radius 3 is 2.53 bits per heavy atom.